The molecule has 0 unspecified atom stereocenters. The Balaban J connectivity index is 1.81. The van der Waals surface area contributed by atoms with Crippen molar-refractivity contribution >= 4 is 34.7 Å². The summed E-state index contributed by atoms with van der Waals surface area (Å²) in [5.41, 5.74) is 0.795. The number of nitrogens with zero attached hydrogens (tertiary/aromatic N) is 2. The number of rotatable bonds is 5. The molecule has 9 nitrogen and oxygen atoms in total. The standard InChI is InChI=1S/C18H15N3O6/c1-11(22)12-3-2-4-13(7-12)19-17(23)9-20-15-8-14(21(25)26)5-6-16(15)27-10-18(20)24/h2-8H,9-10H2,1H3,(H,19,23). The van der Waals surface area contributed by atoms with E-state index in [0.717, 1.165) is 4.90 Å². The molecule has 0 aliphatic carbocycles. The number of Topliss-reactive ketones (excluding diaryl/α,β-unsaturated/α-hetero) is 1. The van der Waals surface area contributed by atoms with Gasteiger partial charge in [0.15, 0.2) is 12.4 Å². The molecule has 138 valence electrons. The lowest BCUT2D eigenvalue weighted by atomic mass is 10.1. The molecule has 2 amide bonds. The van der Waals surface area contributed by atoms with E-state index in [1.165, 1.54) is 31.2 Å². The number of nitro groups is 1. The molecular weight excluding hydrogens is 354 g/mol. The molecule has 0 aromatic heterocycles. The number of amides is 2. The Labute approximate surface area is 153 Å². The Bertz CT molecular complexity index is 956. The lowest BCUT2D eigenvalue weighted by Gasteiger charge is -2.28. The van der Waals surface area contributed by atoms with Gasteiger partial charge in [-0.3, -0.25) is 29.4 Å². The Hall–Kier alpha value is -3.75. The van der Waals surface area contributed by atoms with E-state index >= 15 is 0 Å². The highest BCUT2D eigenvalue weighted by Crippen LogP contribution is 2.35. The number of ether oxygens (including phenoxy) is 1. The number of anilines is 2. The molecule has 9 heteroatoms. The molecule has 2 aromatic rings. The van der Waals surface area contributed by atoms with Gasteiger partial charge in [-0.1, -0.05) is 12.1 Å². The van der Waals surface area contributed by atoms with Gasteiger partial charge in [0.05, 0.1) is 10.6 Å². The first-order valence-electron chi connectivity index (χ1n) is 7.97. The van der Waals surface area contributed by atoms with Crippen LogP contribution in [0.25, 0.3) is 0 Å². The molecule has 1 aliphatic heterocycles. The predicted octanol–water partition coefficient (Wildman–Crippen LogP) is 2.16. The number of fused-ring (bicyclic) bond motifs is 1. The summed E-state index contributed by atoms with van der Waals surface area (Å²) >= 11 is 0. The van der Waals surface area contributed by atoms with Crippen molar-refractivity contribution in [1.29, 1.82) is 0 Å². The summed E-state index contributed by atoms with van der Waals surface area (Å²) in [7, 11) is 0. The number of nitro benzene ring substituents is 1. The second-order valence-electron chi connectivity index (χ2n) is 5.86. The van der Waals surface area contributed by atoms with E-state index in [1.807, 2.05) is 0 Å². The van der Waals surface area contributed by atoms with E-state index in [2.05, 4.69) is 5.32 Å². The maximum Gasteiger partial charge on any atom is 0.271 e. The molecular formula is C18H15N3O6. The quantitative estimate of drug-likeness (QED) is 0.490. The van der Waals surface area contributed by atoms with Crippen molar-refractivity contribution < 1.29 is 24.0 Å². The first-order chi connectivity index (χ1) is 12.8. The largest absolute Gasteiger partial charge is 0.482 e. The molecule has 0 fully saturated rings. The average molecular weight is 369 g/mol. The smallest absolute Gasteiger partial charge is 0.271 e. The fourth-order valence-corrected chi connectivity index (χ4v) is 2.64. The SMILES string of the molecule is CC(=O)c1cccc(NC(=O)CN2C(=O)COc3ccc([N+](=O)[O-])cc32)c1. The molecule has 27 heavy (non-hydrogen) atoms. The lowest BCUT2D eigenvalue weighted by Crippen LogP contribution is -2.43. The number of carbonyl (C=O) groups is 3. The summed E-state index contributed by atoms with van der Waals surface area (Å²) in [5, 5.41) is 13.6. The maximum atomic E-state index is 12.4. The van der Waals surface area contributed by atoms with Crippen molar-refractivity contribution in [2.24, 2.45) is 0 Å². The van der Waals surface area contributed by atoms with Crippen molar-refractivity contribution in [3.63, 3.8) is 0 Å². The number of carbonyl (C=O) groups excluding carboxylic acids is 3. The van der Waals surface area contributed by atoms with Gasteiger partial charge in [0.1, 0.15) is 12.3 Å². The van der Waals surface area contributed by atoms with Crippen LogP contribution in [-0.2, 0) is 9.59 Å². The zero-order valence-corrected chi connectivity index (χ0v) is 14.3. The molecule has 3 rings (SSSR count). The summed E-state index contributed by atoms with van der Waals surface area (Å²) in [5.74, 6) is -0.860. The topological polar surface area (TPSA) is 119 Å². The zero-order chi connectivity index (χ0) is 19.6. The van der Waals surface area contributed by atoms with Gasteiger partial charge >= 0.3 is 0 Å². The molecule has 0 saturated heterocycles. The minimum Gasteiger partial charge on any atom is -0.482 e. The molecule has 0 radical (unpaired) electrons. The second-order valence-corrected chi connectivity index (χ2v) is 5.86. The minimum absolute atomic E-state index is 0.143. The molecule has 0 spiro atoms. The Morgan fingerprint density at radius 1 is 1.26 bits per heavy atom. The summed E-state index contributed by atoms with van der Waals surface area (Å²) in [6.45, 7) is 0.801. The van der Waals surface area contributed by atoms with Crippen LogP contribution in [0.4, 0.5) is 17.1 Å². The van der Waals surface area contributed by atoms with Crippen molar-refractivity contribution in [1.82, 2.24) is 0 Å². The van der Waals surface area contributed by atoms with E-state index in [4.69, 9.17) is 4.74 Å². The highest BCUT2D eigenvalue weighted by atomic mass is 16.6. The molecule has 0 atom stereocenters. The molecule has 0 bridgehead atoms. The van der Waals surface area contributed by atoms with Gasteiger partial charge in [-0.2, -0.15) is 0 Å². The number of hydrogen-bond acceptors (Lipinski definition) is 6. The van der Waals surface area contributed by atoms with Crippen LogP contribution >= 0.6 is 0 Å². The van der Waals surface area contributed by atoms with E-state index in [-0.39, 0.29) is 36.1 Å². The predicted molar refractivity (Wildman–Crippen MR) is 96.0 cm³/mol. The fraction of sp³-hybridized carbons (Fsp3) is 0.167. The number of nitrogens with one attached hydrogen (secondary N) is 1. The van der Waals surface area contributed by atoms with Crippen LogP contribution in [-0.4, -0.2) is 35.7 Å². The zero-order valence-electron chi connectivity index (χ0n) is 14.3. The summed E-state index contributed by atoms with van der Waals surface area (Å²) in [6.07, 6.45) is 0. The van der Waals surface area contributed by atoms with Crippen molar-refractivity contribution in [3.8, 4) is 5.75 Å². The van der Waals surface area contributed by atoms with Gasteiger partial charge in [-0.05, 0) is 25.1 Å². The fourth-order valence-electron chi connectivity index (χ4n) is 2.64. The summed E-state index contributed by atoms with van der Waals surface area (Å²) in [4.78, 5) is 47.5. The number of hydrogen-bond donors (Lipinski definition) is 1. The van der Waals surface area contributed by atoms with Gasteiger partial charge in [0.2, 0.25) is 5.91 Å². The second kappa shape index (κ2) is 7.24. The molecule has 1 aliphatic rings. The minimum atomic E-state index is -0.592. The highest BCUT2D eigenvalue weighted by Gasteiger charge is 2.29. The van der Waals surface area contributed by atoms with Gasteiger partial charge in [-0.15, -0.1) is 0 Å². The molecule has 1 heterocycles. The Morgan fingerprint density at radius 2 is 2.04 bits per heavy atom. The van der Waals surface area contributed by atoms with E-state index in [9.17, 15) is 24.5 Å². The third kappa shape index (κ3) is 3.92. The normalized spacial score (nSPS) is 12.8. The van der Waals surface area contributed by atoms with Crippen LogP contribution in [0.15, 0.2) is 42.5 Å². The van der Waals surface area contributed by atoms with Crippen LogP contribution in [0.1, 0.15) is 17.3 Å². The monoisotopic (exact) mass is 369 g/mol. The van der Waals surface area contributed by atoms with E-state index in [0.29, 0.717) is 11.3 Å². The first-order valence-corrected chi connectivity index (χ1v) is 7.97. The summed E-state index contributed by atoms with van der Waals surface area (Å²) < 4.78 is 5.26. The van der Waals surface area contributed by atoms with Gasteiger partial charge in [0, 0.05) is 23.4 Å². The van der Waals surface area contributed by atoms with Crippen LogP contribution in [0, 0.1) is 10.1 Å². The Morgan fingerprint density at radius 3 is 2.74 bits per heavy atom. The van der Waals surface area contributed by atoms with Gasteiger partial charge in [0.25, 0.3) is 11.6 Å². The third-order valence-electron chi connectivity index (χ3n) is 3.95. The van der Waals surface area contributed by atoms with Crippen LogP contribution < -0.4 is 15.0 Å². The Kier molecular flexibility index (Phi) is 4.84. The number of ketones is 1. The van der Waals surface area contributed by atoms with E-state index < -0.39 is 16.7 Å². The van der Waals surface area contributed by atoms with Crippen LogP contribution in [0.2, 0.25) is 0 Å². The van der Waals surface area contributed by atoms with Gasteiger partial charge < -0.3 is 10.1 Å². The molecule has 0 saturated carbocycles. The molecule has 1 N–H and O–H groups in total. The lowest BCUT2D eigenvalue weighted by molar-refractivity contribution is -0.384. The number of non-ortho nitro benzene ring substituents is 1. The first kappa shape index (κ1) is 18.1. The van der Waals surface area contributed by atoms with Crippen molar-refractivity contribution in [2.45, 2.75) is 6.92 Å². The van der Waals surface area contributed by atoms with Crippen molar-refractivity contribution in [3.05, 3.63) is 58.1 Å². The average Bonchev–Trinajstić information content (AvgIpc) is 2.63. The van der Waals surface area contributed by atoms with Crippen LogP contribution in [0.3, 0.4) is 0 Å². The van der Waals surface area contributed by atoms with Crippen molar-refractivity contribution in [2.75, 3.05) is 23.4 Å². The van der Waals surface area contributed by atoms with Gasteiger partial charge in [-0.25, -0.2) is 0 Å². The number of benzene rings is 2. The van der Waals surface area contributed by atoms with Crippen LogP contribution in [0.5, 0.6) is 5.75 Å². The third-order valence-corrected chi connectivity index (χ3v) is 3.95. The maximum absolute atomic E-state index is 12.4. The molecule has 2 aromatic carbocycles. The van der Waals surface area contributed by atoms with E-state index in [1.54, 1.807) is 18.2 Å². The highest BCUT2D eigenvalue weighted by molar-refractivity contribution is 6.05. The summed E-state index contributed by atoms with van der Waals surface area (Å²) in [6, 6.07) is 10.2.